The third kappa shape index (κ3) is 4.24. The largest absolute Gasteiger partial charge is 0.508 e. The maximum atomic E-state index is 9.33. The summed E-state index contributed by atoms with van der Waals surface area (Å²) in [6, 6.07) is 7.44. The highest BCUT2D eigenvalue weighted by atomic mass is 16.5. The minimum atomic E-state index is -0.164. The first kappa shape index (κ1) is 14.4. The number of phenols is 1. The van der Waals surface area contributed by atoms with Crippen molar-refractivity contribution in [1.29, 1.82) is 0 Å². The molecule has 19 heavy (non-hydrogen) atoms. The molecule has 1 N–H and O–H groups in total. The summed E-state index contributed by atoms with van der Waals surface area (Å²) in [6.45, 7) is 6.59. The van der Waals surface area contributed by atoms with E-state index in [4.69, 9.17) is 4.74 Å². The molecule has 0 bridgehead atoms. The van der Waals surface area contributed by atoms with Crippen LogP contribution in [0.3, 0.4) is 0 Å². The summed E-state index contributed by atoms with van der Waals surface area (Å²) in [7, 11) is 0. The van der Waals surface area contributed by atoms with Gasteiger partial charge >= 0.3 is 0 Å². The minimum Gasteiger partial charge on any atom is -0.508 e. The molecule has 0 unspecified atom stereocenters. The topological polar surface area (TPSA) is 29.5 Å². The molecule has 0 radical (unpaired) electrons. The van der Waals surface area contributed by atoms with Crippen LogP contribution < -0.4 is 0 Å². The third-order valence-corrected chi connectivity index (χ3v) is 4.00. The molecule has 1 fully saturated rings. The van der Waals surface area contributed by atoms with E-state index in [1.807, 2.05) is 12.1 Å². The summed E-state index contributed by atoms with van der Waals surface area (Å²) < 4.78 is 6.44. The van der Waals surface area contributed by atoms with E-state index in [1.54, 1.807) is 12.1 Å². The van der Waals surface area contributed by atoms with Crippen LogP contribution in [-0.2, 0) is 11.2 Å². The van der Waals surface area contributed by atoms with Crippen molar-refractivity contribution < 1.29 is 9.84 Å². The predicted octanol–water partition coefficient (Wildman–Crippen LogP) is 4.45. The van der Waals surface area contributed by atoms with Crippen LogP contribution in [0.4, 0.5) is 0 Å². The number of rotatable bonds is 4. The smallest absolute Gasteiger partial charge is 0.115 e. The quantitative estimate of drug-likeness (QED) is 0.868. The molecular weight excluding hydrogens is 236 g/mol. The van der Waals surface area contributed by atoms with Crippen molar-refractivity contribution in [1.82, 2.24) is 0 Å². The van der Waals surface area contributed by atoms with Crippen molar-refractivity contribution >= 4 is 0 Å². The molecule has 0 aromatic heterocycles. The first-order chi connectivity index (χ1) is 8.89. The zero-order valence-electron chi connectivity index (χ0n) is 12.4. The fraction of sp³-hybridized carbons (Fsp3) is 0.647. The molecule has 1 aliphatic rings. The van der Waals surface area contributed by atoms with Crippen molar-refractivity contribution in [2.75, 3.05) is 0 Å². The van der Waals surface area contributed by atoms with Crippen LogP contribution in [0.1, 0.15) is 58.4 Å². The summed E-state index contributed by atoms with van der Waals surface area (Å²) >= 11 is 0. The van der Waals surface area contributed by atoms with Crippen molar-refractivity contribution in [3.8, 4) is 5.75 Å². The molecule has 0 spiro atoms. The van der Waals surface area contributed by atoms with E-state index >= 15 is 0 Å². The van der Waals surface area contributed by atoms with E-state index in [9.17, 15) is 5.11 Å². The zero-order chi connectivity index (χ0) is 13.9. The van der Waals surface area contributed by atoms with Gasteiger partial charge < -0.3 is 9.84 Å². The first-order valence-electron chi connectivity index (χ1n) is 7.37. The Kier molecular flexibility index (Phi) is 4.19. The summed E-state index contributed by atoms with van der Waals surface area (Å²) in [5.41, 5.74) is 1.09. The molecule has 1 aliphatic carbocycles. The summed E-state index contributed by atoms with van der Waals surface area (Å²) in [5, 5.41) is 9.33. The van der Waals surface area contributed by atoms with Gasteiger partial charge in [0.15, 0.2) is 0 Å². The summed E-state index contributed by atoms with van der Waals surface area (Å²) in [5.74, 6) is 0.321. The van der Waals surface area contributed by atoms with Crippen molar-refractivity contribution in [2.24, 2.45) is 0 Å². The van der Waals surface area contributed by atoms with Crippen LogP contribution in [0.2, 0.25) is 0 Å². The normalized spacial score (nSPS) is 19.3. The fourth-order valence-corrected chi connectivity index (χ4v) is 3.21. The van der Waals surface area contributed by atoms with Crippen molar-refractivity contribution in [2.45, 2.75) is 70.5 Å². The van der Waals surface area contributed by atoms with E-state index in [-0.39, 0.29) is 11.2 Å². The van der Waals surface area contributed by atoms with Crippen LogP contribution in [0.15, 0.2) is 24.3 Å². The number of ether oxygens (including phenoxy) is 1. The van der Waals surface area contributed by atoms with Gasteiger partial charge in [-0.25, -0.2) is 0 Å². The van der Waals surface area contributed by atoms with Gasteiger partial charge in [-0.15, -0.1) is 0 Å². The molecule has 0 heterocycles. The minimum absolute atomic E-state index is 0.0403. The Hall–Kier alpha value is -1.02. The molecule has 2 rings (SSSR count). The van der Waals surface area contributed by atoms with E-state index in [1.165, 1.54) is 37.7 Å². The Morgan fingerprint density at radius 2 is 1.68 bits per heavy atom. The molecule has 2 nitrogen and oxygen atoms in total. The number of aromatic hydroxyl groups is 1. The molecule has 2 heteroatoms. The van der Waals surface area contributed by atoms with Gasteiger partial charge in [-0.3, -0.25) is 0 Å². The average Bonchev–Trinajstić information content (AvgIpc) is 2.31. The second-order valence-electron chi connectivity index (χ2n) is 6.72. The molecule has 0 atom stereocenters. The highest BCUT2D eigenvalue weighted by Crippen LogP contribution is 2.35. The van der Waals surface area contributed by atoms with Gasteiger partial charge in [0.1, 0.15) is 5.75 Å². The van der Waals surface area contributed by atoms with Gasteiger partial charge in [0.25, 0.3) is 0 Å². The molecular formula is C17H26O2. The summed E-state index contributed by atoms with van der Waals surface area (Å²) in [4.78, 5) is 0. The molecule has 0 saturated heterocycles. The number of benzene rings is 1. The SMILES string of the molecule is CC(C)(Cc1ccc(O)cc1)OC1(C)CCCCC1. The molecule has 1 saturated carbocycles. The first-order valence-corrected chi connectivity index (χ1v) is 7.37. The second-order valence-corrected chi connectivity index (χ2v) is 6.72. The lowest BCUT2D eigenvalue weighted by Crippen LogP contribution is -2.41. The van der Waals surface area contributed by atoms with E-state index in [0.29, 0.717) is 5.75 Å². The standard InChI is InChI=1S/C17H26O2/c1-16(2,13-14-7-9-15(18)10-8-14)19-17(3)11-5-4-6-12-17/h7-10,18H,4-6,11-13H2,1-3H3. The van der Waals surface area contributed by atoms with Gasteiger partial charge in [-0.1, -0.05) is 31.4 Å². The van der Waals surface area contributed by atoms with E-state index in [2.05, 4.69) is 20.8 Å². The maximum Gasteiger partial charge on any atom is 0.115 e. The number of phenolic OH excluding ortho intramolecular Hbond substituents is 1. The Labute approximate surface area is 116 Å². The van der Waals surface area contributed by atoms with Crippen LogP contribution in [0, 0.1) is 0 Å². The lowest BCUT2D eigenvalue weighted by atomic mass is 9.85. The monoisotopic (exact) mass is 262 g/mol. The third-order valence-electron chi connectivity index (χ3n) is 4.00. The summed E-state index contributed by atoms with van der Waals surface area (Å²) in [6.07, 6.45) is 7.13. The van der Waals surface area contributed by atoms with Crippen molar-refractivity contribution in [3.63, 3.8) is 0 Å². The van der Waals surface area contributed by atoms with E-state index < -0.39 is 0 Å². The zero-order valence-corrected chi connectivity index (χ0v) is 12.4. The van der Waals surface area contributed by atoms with Gasteiger partial charge in [-0.2, -0.15) is 0 Å². The van der Waals surface area contributed by atoms with Gasteiger partial charge in [0.2, 0.25) is 0 Å². The van der Waals surface area contributed by atoms with Crippen LogP contribution in [0.25, 0.3) is 0 Å². The lowest BCUT2D eigenvalue weighted by Gasteiger charge is -2.41. The maximum absolute atomic E-state index is 9.33. The fourth-order valence-electron chi connectivity index (χ4n) is 3.21. The van der Waals surface area contributed by atoms with Crippen molar-refractivity contribution in [3.05, 3.63) is 29.8 Å². The van der Waals surface area contributed by atoms with Gasteiger partial charge in [0.05, 0.1) is 11.2 Å². The van der Waals surface area contributed by atoms with Crippen LogP contribution in [0.5, 0.6) is 5.75 Å². The molecule has 0 aliphatic heterocycles. The van der Waals surface area contributed by atoms with E-state index in [0.717, 1.165) is 6.42 Å². The number of hydrogen-bond donors (Lipinski definition) is 1. The predicted molar refractivity (Wildman–Crippen MR) is 78.5 cm³/mol. The van der Waals surface area contributed by atoms with Crippen LogP contribution >= 0.6 is 0 Å². The van der Waals surface area contributed by atoms with Gasteiger partial charge in [-0.05, 0) is 51.3 Å². The molecule has 106 valence electrons. The molecule has 1 aromatic carbocycles. The molecule has 1 aromatic rings. The Morgan fingerprint density at radius 3 is 2.26 bits per heavy atom. The Balaban J connectivity index is 1.99. The molecule has 0 amide bonds. The van der Waals surface area contributed by atoms with Crippen LogP contribution in [-0.4, -0.2) is 16.3 Å². The number of hydrogen-bond acceptors (Lipinski definition) is 2. The highest BCUT2D eigenvalue weighted by molar-refractivity contribution is 5.26. The average molecular weight is 262 g/mol. The highest BCUT2D eigenvalue weighted by Gasteiger charge is 2.34. The Bertz CT molecular complexity index is 400. The van der Waals surface area contributed by atoms with Gasteiger partial charge in [0, 0.05) is 6.42 Å². The Morgan fingerprint density at radius 1 is 1.11 bits per heavy atom. The lowest BCUT2D eigenvalue weighted by molar-refractivity contribution is -0.145. The second kappa shape index (κ2) is 5.54.